The number of rotatable bonds is 3. The van der Waals surface area contributed by atoms with E-state index in [1.54, 1.807) is 13.3 Å². The van der Waals surface area contributed by atoms with Crippen molar-refractivity contribution in [3.63, 3.8) is 0 Å². The second kappa shape index (κ2) is 6.44. The van der Waals surface area contributed by atoms with Crippen LogP contribution in [0, 0.1) is 11.8 Å². The molecule has 7 rings (SSSR count). The zero-order valence-corrected chi connectivity index (χ0v) is 18.1. The number of anilines is 1. The molecule has 3 aliphatic carbocycles. The van der Waals surface area contributed by atoms with Crippen LogP contribution in [0.4, 0.5) is 5.69 Å². The number of hydrogen-bond donors (Lipinski definition) is 1. The lowest BCUT2D eigenvalue weighted by molar-refractivity contribution is -0.164. The molecular weight excluding hydrogens is 389 g/mol. The predicted molar refractivity (Wildman–Crippen MR) is 121 cm³/mol. The van der Waals surface area contributed by atoms with Gasteiger partial charge in [-0.05, 0) is 74.2 Å². The molecule has 2 N–H and O–H groups in total. The van der Waals surface area contributed by atoms with Crippen LogP contribution in [0.25, 0.3) is 22.0 Å². The lowest BCUT2D eigenvalue weighted by Gasteiger charge is -2.58. The summed E-state index contributed by atoms with van der Waals surface area (Å²) >= 11 is 0. The third-order valence-electron chi connectivity index (χ3n) is 7.94. The van der Waals surface area contributed by atoms with Gasteiger partial charge in [0.25, 0.3) is 0 Å². The smallest absolute Gasteiger partial charge is 0.494 e. The highest BCUT2D eigenvalue weighted by Gasteiger charge is 2.67. The van der Waals surface area contributed by atoms with E-state index in [-0.39, 0.29) is 18.3 Å². The summed E-state index contributed by atoms with van der Waals surface area (Å²) in [5.41, 5.74) is 9.90. The van der Waals surface area contributed by atoms with E-state index in [1.165, 1.54) is 12.8 Å². The van der Waals surface area contributed by atoms with Gasteiger partial charge in [0, 0.05) is 10.9 Å². The van der Waals surface area contributed by atoms with Crippen molar-refractivity contribution >= 4 is 29.2 Å². The normalized spacial score (nSPS) is 31.4. The first-order valence-electron chi connectivity index (χ1n) is 10.9. The second-order valence-electron chi connectivity index (χ2n) is 9.64. The molecule has 4 aliphatic rings. The van der Waals surface area contributed by atoms with E-state index in [2.05, 4.69) is 30.1 Å². The Morgan fingerprint density at radius 2 is 1.97 bits per heavy atom. The molecule has 4 fully saturated rings. The molecule has 158 valence electrons. The van der Waals surface area contributed by atoms with Crippen molar-refractivity contribution in [1.29, 1.82) is 0 Å². The Bertz CT molecular complexity index is 1200. The molecule has 2 heterocycles. The van der Waals surface area contributed by atoms with Crippen molar-refractivity contribution < 1.29 is 14.0 Å². The molecule has 3 saturated carbocycles. The second-order valence-corrected chi connectivity index (χ2v) is 9.64. The van der Waals surface area contributed by atoms with Crippen LogP contribution in [-0.2, 0) is 9.31 Å². The fraction of sp³-hybridized carbons (Fsp3) is 0.417. The number of nitrogen functional groups attached to an aromatic ring is 1. The molecule has 6 nitrogen and oxygen atoms in total. The molecular formula is C24H26BN3O3. The molecule has 3 aromatic rings. The molecule has 1 saturated heterocycles. The van der Waals surface area contributed by atoms with E-state index < -0.39 is 0 Å². The van der Waals surface area contributed by atoms with E-state index in [0.717, 1.165) is 45.6 Å². The third-order valence-corrected chi connectivity index (χ3v) is 7.94. The molecule has 1 aliphatic heterocycles. The van der Waals surface area contributed by atoms with E-state index in [9.17, 15) is 0 Å². The number of aromatic nitrogens is 2. The lowest BCUT2D eigenvalue weighted by Crippen LogP contribution is -2.62. The summed E-state index contributed by atoms with van der Waals surface area (Å²) < 4.78 is 18.9. The Morgan fingerprint density at radius 1 is 1.13 bits per heavy atom. The topological polar surface area (TPSA) is 79.5 Å². The number of nitrogens with two attached hydrogens (primary N) is 1. The fourth-order valence-corrected chi connectivity index (χ4v) is 5.89. The van der Waals surface area contributed by atoms with Crippen molar-refractivity contribution in [3.8, 4) is 16.9 Å². The maximum absolute atomic E-state index is 6.64. The number of hydrogen-bond acceptors (Lipinski definition) is 6. The van der Waals surface area contributed by atoms with Gasteiger partial charge >= 0.3 is 7.12 Å². The van der Waals surface area contributed by atoms with Crippen molar-refractivity contribution in [2.24, 2.45) is 11.8 Å². The minimum Gasteiger partial charge on any atom is -0.496 e. The zero-order valence-electron chi connectivity index (χ0n) is 18.1. The summed E-state index contributed by atoms with van der Waals surface area (Å²) in [6.45, 7) is 4.46. The predicted octanol–water partition coefficient (Wildman–Crippen LogP) is 3.58. The maximum Gasteiger partial charge on any atom is 0.494 e. The number of methoxy groups -OCH3 is 1. The highest BCUT2D eigenvalue weighted by atomic mass is 16.7. The Balaban J connectivity index is 1.40. The summed E-state index contributed by atoms with van der Waals surface area (Å²) in [7, 11) is 1.30. The van der Waals surface area contributed by atoms with Gasteiger partial charge in [0.05, 0.1) is 35.7 Å². The van der Waals surface area contributed by atoms with Gasteiger partial charge in [-0.1, -0.05) is 18.2 Å². The molecule has 31 heavy (non-hydrogen) atoms. The van der Waals surface area contributed by atoms with Crippen LogP contribution in [0.3, 0.4) is 0 Å². The first-order chi connectivity index (χ1) is 14.9. The Labute approximate surface area is 182 Å². The minimum absolute atomic E-state index is 0.234. The van der Waals surface area contributed by atoms with Gasteiger partial charge in [0.15, 0.2) is 0 Å². The molecule has 7 heteroatoms. The molecule has 2 atom stereocenters. The fourth-order valence-electron chi connectivity index (χ4n) is 5.89. The summed E-state index contributed by atoms with van der Waals surface area (Å²) in [6, 6.07) is 12.1. The first-order valence-corrected chi connectivity index (χ1v) is 10.9. The number of fused-ring (bicyclic) bond motifs is 1. The van der Waals surface area contributed by atoms with Gasteiger partial charge in [-0.2, -0.15) is 10.2 Å². The molecule has 0 radical (unpaired) electrons. The summed E-state index contributed by atoms with van der Waals surface area (Å²) in [5, 5.41) is 9.12. The van der Waals surface area contributed by atoms with Gasteiger partial charge < -0.3 is 19.8 Å². The largest absolute Gasteiger partial charge is 0.496 e. The van der Waals surface area contributed by atoms with E-state index >= 15 is 0 Å². The molecule has 2 bridgehead atoms. The SMILES string of the molecule is COc1ccc(B2OC3(C)CC4CC(C4)C3(C)O2)cc1-c1ccc2c(N)cnnc2c1. The first kappa shape index (κ1) is 19.1. The van der Waals surface area contributed by atoms with Gasteiger partial charge in [0.1, 0.15) is 5.75 Å². The zero-order chi connectivity index (χ0) is 21.4. The molecule has 2 unspecified atom stereocenters. The van der Waals surface area contributed by atoms with E-state index in [4.69, 9.17) is 19.8 Å². The van der Waals surface area contributed by atoms with Crippen molar-refractivity contribution in [1.82, 2.24) is 10.2 Å². The van der Waals surface area contributed by atoms with Gasteiger partial charge in [0.2, 0.25) is 0 Å². The maximum atomic E-state index is 6.64. The van der Waals surface area contributed by atoms with E-state index in [0.29, 0.717) is 11.6 Å². The van der Waals surface area contributed by atoms with Crippen molar-refractivity contribution in [2.75, 3.05) is 12.8 Å². The van der Waals surface area contributed by atoms with Crippen LogP contribution in [0.2, 0.25) is 0 Å². The Kier molecular flexibility index (Phi) is 3.96. The van der Waals surface area contributed by atoms with Crippen LogP contribution in [-0.4, -0.2) is 35.6 Å². The highest BCUT2D eigenvalue weighted by Crippen LogP contribution is 2.61. The Hall–Kier alpha value is -2.64. The van der Waals surface area contributed by atoms with Crippen LogP contribution in [0.5, 0.6) is 5.75 Å². The highest BCUT2D eigenvalue weighted by molar-refractivity contribution is 6.62. The number of ether oxygens (including phenoxy) is 1. The van der Waals surface area contributed by atoms with E-state index in [1.807, 2.05) is 30.3 Å². The van der Waals surface area contributed by atoms with Gasteiger partial charge in [-0.3, -0.25) is 0 Å². The number of benzene rings is 2. The van der Waals surface area contributed by atoms with Gasteiger partial charge in [-0.15, -0.1) is 0 Å². The average molecular weight is 415 g/mol. The molecule has 0 amide bonds. The molecule has 0 spiro atoms. The van der Waals surface area contributed by atoms with Crippen LogP contribution >= 0.6 is 0 Å². The van der Waals surface area contributed by atoms with Crippen LogP contribution in [0.1, 0.15) is 33.1 Å². The van der Waals surface area contributed by atoms with Crippen molar-refractivity contribution in [2.45, 2.75) is 44.3 Å². The standard InChI is InChI=1S/C24H26BN3O3/c1-23-12-14-8-16(9-14)24(23,2)31-25(30-23)17-5-7-22(29-3)19(11-17)15-4-6-18-20(26)13-27-28-21(18)10-15/h4-7,10-11,13-14,16H,8-9,12H2,1-3H3,(H2,26,28). The molecule has 1 aromatic heterocycles. The van der Waals surface area contributed by atoms with Crippen LogP contribution < -0.4 is 15.9 Å². The van der Waals surface area contributed by atoms with Crippen molar-refractivity contribution in [3.05, 3.63) is 42.6 Å². The van der Waals surface area contributed by atoms with Gasteiger partial charge in [-0.25, -0.2) is 0 Å². The average Bonchev–Trinajstić information content (AvgIpc) is 3.04. The quantitative estimate of drug-likeness (QED) is 0.659. The Morgan fingerprint density at radius 3 is 2.74 bits per heavy atom. The third kappa shape index (κ3) is 2.66. The lowest BCUT2D eigenvalue weighted by atomic mass is 9.52. The number of nitrogens with zero attached hydrogens (tertiary/aromatic N) is 2. The summed E-state index contributed by atoms with van der Waals surface area (Å²) in [5.74, 6) is 2.15. The van der Waals surface area contributed by atoms with Crippen LogP contribution in [0.15, 0.2) is 42.6 Å². The summed E-state index contributed by atoms with van der Waals surface area (Å²) in [4.78, 5) is 0. The molecule has 2 aromatic carbocycles. The summed E-state index contributed by atoms with van der Waals surface area (Å²) in [6.07, 6.45) is 5.17. The minimum atomic E-state index is -0.380. The monoisotopic (exact) mass is 415 g/mol.